The quantitative estimate of drug-likeness (QED) is 0.0532. The van der Waals surface area contributed by atoms with Crippen molar-refractivity contribution in [3.8, 4) is 0 Å². The highest BCUT2D eigenvalue weighted by molar-refractivity contribution is 5.97. The Labute approximate surface area is 356 Å². The Balaban J connectivity index is 2.39. The van der Waals surface area contributed by atoms with Gasteiger partial charge in [0.1, 0.15) is 36.3 Å². The van der Waals surface area contributed by atoms with E-state index >= 15 is 0 Å². The van der Waals surface area contributed by atoms with Crippen molar-refractivity contribution in [2.24, 2.45) is 35.1 Å². The van der Waals surface area contributed by atoms with Crippen LogP contribution in [-0.4, -0.2) is 115 Å². The number of imidazole rings is 2. The molecule has 21 heteroatoms. The molecular formula is C40H66N12O9. The summed E-state index contributed by atoms with van der Waals surface area (Å²) in [6, 6.07) is -8.53. The number of amides is 7. The smallest absolute Gasteiger partial charge is 0.326 e. The second kappa shape index (κ2) is 25.0. The molecule has 7 amide bonds. The Morgan fingerprint density at radius 3 is 1.51 bits per heavy atom. The zero-order valence-electron chi connectivity index (χ0n) is 36.4. The second-order valence-corrected chi connectivity index (χ2v) is 16.3. The number of nitrogens with two attached hydrogens (primary N) is 2. The minimum absolute atomic E-state index is 0.00441. The van der Waals surface area contributed by atoms with Crippen molar-refractivity contribution in [2.75, 3.05) is 0 Å². The van der Waals surface area contributed by atoms with Gasteiger partial charge in [-0.2, -0.15) is 0 Å². The number of primary amides is 1. The van der Waals surface area contributed by atoms with Crippen molar-refractivity contribution in [3.05, 3.63) is 36.4 Å². The number of hydrogen-bond acceptors (Lipinski definition) is 11. The van der Waals surface area contributed by atoms with Gasteiger partial charge < -0.3 is 58.4 Å². The third-order valence-electron chi connectivity index (χ3n) is 10.5. The Kier molecular flexibility index (Phi) is 21.0. The molecule has 2 rings (SSSR count). The summed E-state index contributed by atoms with van der Waals surface area (Å²) in [5, 5.41) is 25.6. The number of aromatic nitrogens is 4. The highest BCUT2D eigenvalue weighted by atomic mass is 16.4. The van der Waals surface area contributed by atoms with Crippen LogP contribution in [0.25, 0.3) is 0 Å². The lowest BCUT2D eigenvalue weighted by molar-refractivity contribution is -0.144. The van der Waals surface area contributed by atoms with E-state index in [-0.39, 0.29) is 43.9 Å². The fraction of sp³-hybridized carbons (Fsp3) is 0.650. The van der Waals surface area contributed by atoms with E-state index in [2.05, 4.69) is 51.8 Å². The molecule has 2 aromatic rings. The second-order valence-electron chi connectivity index (χ2n) is 16.3. The first-order valence-corrected chi connectivity index (χ1v) is 20.7. The molecule has 0 bridgehead atoms. The Hall–Kier alpha value is -5.86. The van der Waals surface area contributed by atoms with Crippen LogP contribution in [0.5, 0.6) is 0 Å². The number of hydrogen-bond donors (Lipinski definition) is 11. The maximum absolute atomic E-state index is 14.1. The molecule has 0 radical (unpaired) electrons. The number of rotatable bonds is 27. The monoisotopic (exact) mass is 859 g/mol. The van der Waals surface area contributed by atoms with Crippen LogP contribution in [0.2, 0.25) is 0 Å². The fourth-order valence-electron chi connectivity index (χ4n) is 6.22. The summed E-state index contributed by atoms with van der Waals surface area (Å²) in [4.78, 5) is 120. The zero-order valence-corrected chi connectivity index (χ0v) is 36.4. The first kappa shape index (κ1) is 51.3. The highest BCUT2D eigenvalue weighted by Crippen LogP contribution is 2.13. The largest absolute Gasteiger partial charge is 0.480 e. The maximum atomic E-state index is 14.1. The topological polar surface area (TPSA) is 338 Å². The van der Waals surface area contributed by atoms with Crippen LogP contribution in [0, 0.1) is 23.7 Å². The number of aliphatic carboxylic acids is 1. The molecule has 0 aliphatic rings. The molecule has 21 nitrogen and oxygen atoms in total. The van der Waals surface area contributed by atoms with Crippen molar-refractivity contribution in [3.63, 3.8) is 0 Å². The molecule has 2 aromatic heterocycles. The Morgan fingerprint density at radius 1 is 0.623 bits per heavy atom. The average Bonchev–Trinajstić information content (AvgIpc) is 3.92. The van der Waals surface area contributed by atoms with E-state index in [1.165, 1.54) is 25.0 Å². The van der Waals surface area contributed by atoms with Gasteiger partial charge in [0, 0.05) is 43.0 Å². The van der Waals surface area contributed by atoms with Crippen LogP contribution >= 0.6 is 0 Å². The molecule has 61 heavy (non-hydrogen) atoms. The number of carbonyl (C=O) groups is 8. The first-order chi connectivity index (χ1) is 28.7. The normalized spacial score (nSPS) is 15.8. The van der Waals surface area contributed by atoms with Crippen LogP contribution in [0.3, 0.4) is 0 Å². The molecule has 0 saturated carbocycles. The van der Waals surface area contributed by atoms with Gasteiger partial charge in [-0.05, 0) is 36.5 Å². The molecular weight excluding hydrogens is 793 g/mol. The summed E-state index contributed by atoms with van der Waals surface area (Å²) >= 11 is 0. The standard InChI is InChI=1S/C40H66N12O9/c1-9-22(7)31(42)38(58)49-29(15-25-17-44-19-46-25)37(57)51-32(21(5)6)39(59)50-28(14-24-16-43-18-45-24)36(56)48-27(13-20(3)4)35(55)47-26(11-12-30(41)53)34(54)52-33(40(60)61)23(8)10-2/h16-23,26-29,31-33H,9-15,42H2,1-8H3,(H2,41,53)(H,43,45)(H,44,46)(H,47,55)(H,48,56)(H,49,58)(H,50,59)(H,51,57)(H,52,54)(H,60,61)/t22-,23-,26-,27-,28-,29-,31-,32-,33-/m0/s1. The minimum Gasteiger partial charge on any atom is -0.480 e. The summed E-state index contributed by atoms with van der Waals surface area (Å²) in [7, 11) is 0. The SMILES string of the molecule is CC[C@H](C)[C@H](N)C(=O)N[C@@H](Cc1cnc[nH]1)C(=O)N[C@H](C(=O)N[C@@H](Cc1cnc[nH]1)C(=O)N[C@@H](CC(C)C)C(=O)N[C@@H](CCC(N)=O)C(=O)N[C@H](C(=O)O)[C@@H](C)CC)C(C)C. The molecule has 0 saturated heterocycles. The molecule has 9 atom stereocenters. The maximum Gasteiger partial charge on any atom is 0.326 e. The number of nitrogens with one attached hydrogen (secondary N) is 8. The van der Waals surface area contributed by atoms with Gasteiger partial charge in [-0.3, -0.25) is 33.6 Å². The lowest BCUT2D eigenvalue weighted by atomic mass is 9.98. The summed E-state index contributed by atoms with van der Waals surface area (Å²) in [6.07, 6.45) is 6.21. The molecule has 0 fully saturated rings. The van der Waals surface area contributed by atoms with Crippen LogP contribution in [0.4, 0.5) is 0 Å². The molecule has 340 valence electrons. The van der Waals surface area contributed by atoms with Gasteiger partial charge in [0.15, 0.2) is 0 Å². The summed E-state index contributed by atoms with van der Waals surface area (Å²) < 4.78 is 0. The number of carboxylic acid groups (broad SMARTS) is 1. The average molecular weight is 859 g/mol. The van der Waals surface area contributed by atoms with Gasteiger partial charge in [-0.25, -0.2) is 14.8 Å². The van der Waals surface area contributed by atoms with Gasteiger partial charge in [0.25, 0.3) is 0 Å². The number of carbonyl (C=O) groups excluding carboxylic acids is 7. The third kappa shape index (κ3) is 17.0. The van der Waals surface area contributed by atoms with Gasteiger partial charge in [0.2, 0.25) is 41.4 Å². The summed E-state index contributed by atoms with van der Waals surface area (Å²) in [5.41, 5.74) is 12.5. The number of carboxylic acids is 1. The van der Waals surface area contributed by atoms with E-state index in [4.69, 9.17) is 11.5 Å². The predicted octanol–water partition coefficient (Wildman–Crippen LogP) is -0.701. The number of nitrogens with zero attached hydrogens (tertiary/aromatic N) is 2. The highest BCUT2D eigenvalue weighted by Gasteiger charge is 2.36. The van der Waals surface area contributed by atoms with Gasteiger partial charge in [-0.15, -0.1) is 0 Å². The van der Waals surface area contributed by atoms with Crippen molar-refractivity contribution < 1.29 is 43.5 Å². The van der Waals surface area contributed by atoms with E-state index in [1.807, 2.05) is 13.8 Å². The molecule has 13 N–H and O–H groups in total. The zero-order chi connectivity index (χ0) is 46.0. The van der Waals surface area contributed by atoms with Crippen LogP contribution in [-0.2, 0) is 51.2 Å². The molecule has 2 heterocycles. The predicted molar refractivity (Wildman–Crippen MR) is 223 cm³/mol. The van der Waals surface area contributed by atoms with Crippen molar-refractivity contribution in [1.82, 2.24) is 51.8 Å². The van der Waals surface area contributed by atoms with Gasteiger partial charge >= 0.3 is 5.97 Å². The molecule has 0 aliphatic carbocycles. The lowest BCUT2D eigenvalue weighted by Gasteiger charge is -2.29. The van der Waals surface area contributed by atoms with Crippen LogP contribution in [0.1, 0.15) is 98.9 Å². The third-order valence-corrected chi connectivity index (χ3v) is 10.5. The van der Waals surface area contributed by atoms with E-state index in [1.54, 1.807) is 41.5 Å². The molecule has 0 spiro atoms. The molecule has 0 aliphatic heterocycles. The lowest BCUT2D eigenvalue weighted by Crippen LogP contribution is -2.61. The van der Waals surface area contributed by atoms with Crippen molar-refractivity contribution >= 4 is 47.3 Å². The van der Waals surface area contributed by atoms with E-state index in [0.717, 1.165) is 0 Å². The molecule has 0 aromatic carbocycles. The Morgan fingerprint density at radius 2 is 1.07 bits per heavy atom. The molecule has 0 unspecified atom stereocenters. The Bertz CT molecular complexity index is 1750. The van der Waals surface area contributed by atoms with E-state index in [0.29, 0.717) is 24.2 Å². The number of H-pyrrole nitrogens is 2. The van der Waals surface area contributed by atoms with Crippen LogP contribution < -0.4 is 43.4 Å². The van der Waals surface area contributed by atoms with Crippen molar-refractivity contribution in [2.45, 2.75) is 143 Å². The van der Waals surface area contributed by atoms with E-state index < -0.39 is 101 Å². The van der Waals surface area contributed by atoms with Crippen molar-refractivity contribution in [1.29, 1.82) is 0 Å². The van der Waals surface area contributed by atoms with Crippen LogP contribution in [0.15, 0.2) is 25.0 Å². The number of aromatic amines is 2. The minimum atomic E-state index is -1.39. The first-order valence-electron chi connectivity index (χ1n) is 20.7. The van der Waals surface area contributed by atoms with E-state index in [9.17, 15) is 43.5 Å². The summed E-state index contributed by atoms with van der Waals surface area (Å²) in [6.45, 7) is 14.1. The summed E-state index contributed by atoms with van der Waals surface area (Å²) in [5.74, 6) is -7.80. The fourth-order valence-corrected chi connectivity index (χ4v) is 6.22. The van der Waals surface area contributed by atoms with Gasteiger partial charge in [0.05, 0.1) is 18.7 Å². The van der Waals surface area contributed by atoms with Gasteiger partial charge in [-0.1, -0.05) is 68.2 Å².